The van der Waals surface area contributed by atoms with Gasteiger partial charge in [0.2, 0.25) is 5.91 Å². The number of hydrogen-bond acceptors (Lipinski definition) is 3. The Bertz CT molecular complexity index is 800. The van der Waals surface area contributed by atoms with E-state index in [-0.39, 0.29) is 24.1 Å². The number of hydrogen-bond donors (Lipinski definition) is 1. The second-order valence-corrected chi connectivity index (χ2v) is 6.42. The lowest BCUT2D eigenvalue weighted by Crippen LogP contribution is -2.31. The van der Waals surface area contributed by atoms with Crippen LogP contribution in [0.5, 0.6) is 0 Å². The number of nitrogens with one attached hydrogen (secondary N) is 1. The number of carbonyl (C=O) groups excluding carboxylic acids is 2. The lowest BCUT2D eigenvalue weighted by Gasteiger charge is -2.22. The number of benzene rings is 1. The van der Waals surface area contributed by atoms with Crippen LogP contribution in [0.2, 0.25) is 0 Å². The van der Waals surface area contributed by atoms with Gasteiger partial charge in [-0.3, -0.25) is 14.3 Å². The molecule has 6 nitrogen and oxygen atoms in total. The predicted molar refractivity (Wildman–Crippen MR) is 90.5 cm³/mol. The minimum absolute atomic E-state index is 0.0249. The first kappa shape index (κ1) is 17.1. The van der Waals surface area contributed by atoms with Crippen molar-refractivity contribution in [2.45, 2.75) is 31.8 Å². The van der Waals surface area contributed by atoms with Gasteiger partial charge in [-0.2, -0.15) is 5.10 Å². The van der Waals surface area contributed by atoms with Crippen LogP contribution in [-0.4, -0.2) is 40.6 Å². The fraction of sp³-hybridized carbons (Fsp3) is 0.389. The van der Waals surface area contributed by atoms with E-state index < -0.39 is 11.7 Å². The maximum absolute atomic E-state index is 13.8. The van der Waals surface area contributed by atoms with Crippen molar-refractivity contribution in [2.24, 2.45) is 0 Å². The van der Waals surface area contributed by atoms with Crippen molar-refractivity contribution in [3.05, 3.63) is 53.1 Å². The number of amides is 2. The predicted octanol–water partition coefficient (Wildman–Crippen LogP) is 1.92. The molecule has 1 unspecified atom stereocenters. The fourth-order valence-electron chi connectivity index (χ4n) is 2.98. The Morgan fingerprint density at radius 1 is 1.36 bits per heavy atom. The number of aryl methyl sites for hydroxylation is 1. The minimum atomic E-state index is -0.543. The van der Waals surface area contributed by atoms with Crippen molar-refractivity contribution >= 4 is 11.8 Å². The van der Waals surface area contributed by atoms with Crippen LogP contribution in [0.1, 0.15) is 40.5 Å². The molecule has 1 aliphatic rings. The summed E-state index contributed by atoms with van der Waals surface area (Å²) >= 11 is 0. The fourth-order valence-corrected chi connectivity index (χ4v) is 2.98. The van der Waals surface area contributed by atoms with E-state index in [1.165, 1.54) is 17.0 Å². The van der Waals surface area contributed by atoms with Gasteiger partial charge in [0, 0.05) is 20.3 Å². The molecule has 0 spiro atoms. The van der Waals surface area contributed by atoms with Gasteiger partial charge < -0.3 is 10.2 Å². The van der Waals surface area contributed by atoms with E-state index in [0.29, 0.717) is 0 Å². The van der Waals surface area contributed by atoms with E-state index in [1.54, 1.807) is 30.9 Å². The Kier molecular flexibility index (Phi) is 4.83. The zero-order valence-corrected chi connectivity index (χ0v) is 14.3. The Morgan fingerprint density at radius 2 is 2.12 bits per heavy atom. The number of halogens is 1. The Morgan fingerprint density at radius 3 is 2.84 bits per heavy atom. The smallest absolute Gasteiger partial charge is 0.254 e. The third-order valence-corrected chi connectivity index (χ3v) is 4.36. The van der Waals surface area contributed by atoms with E-state index in [4.69, 9.17) is 0 Å². The molecule has 3 rings (SSSR count). The van der Waals surface area contributed by atoms with Crippen LogP contribution >= 0.6 is 0 Å². The molecule has 1 aliphatic carbocycles. The number of aromatic nitrogens is 2. The lowest BCUT2D eigenvalue weighted by molar-refractivity contribution is -0.129. The zero-order chi connectivity index (χ0) is 18.0. The van der Waals surface area contributed by atoms with Gasteiger partial charge in [-0.25, -0.2) is 4.39 Å². The molecule has 0 fully saturated rings. The van der Waals surface area contributed by atoms with Crippen LogP contribution in [0.25, 0.3) is 0 Å². The summed E-state index contributed by atoms with van der Waals surface area (Å²) in [6.07, 6.45) is 4.37. The summed E-state index contributed by atoms with van der Waals surface area (Å²) in [4.78, 5) is 25.7. The van der Waals surface area contributed by atoms with E-state index in [9.17, 15) is 14.0 Å². The number of likely N-dealkylation sites (N-methyl/N-ethyl adjacent to an activating group) is 1. The third kappa shape index (κ3) is 3.70. The molecule has 0 saturated heterocycles. The highest BCUT2D eigenvalue weighted by Gasteiger charge is 2.26. The van der Waals surface area contributed by atoms with Crippen LogP contribution in [-0.2, 0) is 17.8 Å². The maximum Gasteiger partial charge on any atom is 0.254 e. The summed E-state index contributed by atoms with van der Waals surface area (Å²) in [5.74, 6) is -1.04. The first-order chi connectivity index (χ1) is 12.0. The van der Waals surface area contributed by atoms with Crippen molar-refractivity contribution in [3.8, 4) is 0 Å². The van der Waals surface area contributed by atoms with Gasteiger partial charge in [-0.1, -0.05) is 12.1 Å². The van der Waals surface area contributed by atoms with Crippen molar-refractivity contribution < 1.29 is 14.0 Å². The highest BCUT2D eigenvalue weighted by molar-refractivity contribution is 5.94. The van der Waals surface area contributed by atoms with Gasteiger partial charge >= 0.3 is 0 Å². The SMILES string of the molecule is CN(C)C(=O)Cn1cc2c(n1)C(NC(=O)c1ccccc1F)CCC2. The standard InChI is InChI=1S/C18H21FN4O2/c1-22(2)16(24)11-23-10-12-6-5-9-15(17(12)21-23)20-18(25)13-7-3-4-8-14(13)19/h3-4,7-8,10,15H,5-6,9,11H2,1-2H3,(H,20,25). The molecule has 2 amide bonds. The molecule has 1 heterocycles. The molecule has 25 heavy (non-hydrogen) atoms. The third-order valence-electron chi connectivity index (χ3n) is 4.36. The van der Waals surface area contributed by atoms with Crippen LogP contribution in [0, 0.1) is 5.82 Å². The highest BCUT2D eigenvalue weighted by Crippen LogP contribution is 2.29. The van der Waals surface area contributed by atoms with Gasteiger partial charge in [0.1, 0.15) is 12.4 Å². The molecule has 0 saturated carbocycles. The first-order valence-electron chi connectivity index (χ1n) is 8.27. The Labute approximate surface area is 145 Å². The summed E-state index contributed by atoms with van der Waals surface area (Å²) in [6.45, 7) is 0.161. The van der Waals surface area contributed by atoms with E-state index in [2.05, 4.69) is 10.4 Å². The Balaban J connectivity index is 1.77. The lowest BCUT2D eigenvalue weighted by atomic mass is 9.93. The quantitative estimate of drug-likeness (QED) is 0.921. The largest absolute Gasteiger partial charge is 0.347 e. The minimum Gasteiger partial charge on any atom is -0.347 e. The summed E-state index contributed by atoms with van der Waals surface area (Å²) in [5.41, 5.74) is 1.82. The molecule has 132 valence electrons. The summed E-state index contributed by atoms with van der Waals surface area (Å²) in [5, 5.41) is 7.36. The monoisotopic (exact) mass is 344 g/mol. The zero-order valence-electron chi connectivity index (χ0n) is 14.3. The maximum atomic E-state index is 13.8. The molecule has 2 aromatic rings. The van der Waals surface area contributed by atoms with Gasteiger partial charge in [0.25, 0.3) is 5.91 Å². The van der Waals surface area contributed by atoms with Crippen molar-refractivity contribution in [1.29, 1.82) is 0 Å². The summed E-state index contributed by atoms with van der Waals surface area (Å²) in [7, 11) is 3.40. The topological polar surface area (TPSA) is 67.2 Å². The molecule has 1 N–H and O–H groups in total. The van der Waals surface area contributed by atoms with Crippen LogP contribution in [0.3, 0.4) is 0 Å². The molecule has 7 heteroatoms. The number of carbonyl (C=O) groups is 2. The average molecular weight is 344 g/mol. The molecule has 1 aromatic heterocycles. The van der Waals surface area contributed by atoms with Crippen molar-refractivity contribution in [1.82, 2.24) is 20.0 Å². The van der Waals surface area contributed by atoms with E-state index >= 15 is 0 Å². The number of rotatable bonds is 4. The molecule has 1 atom stereocenters. The van der Waals surface area contributed by atoms with E-state index in [1.807, 2.05) is 6.20 Å². The molecular weight excluding hydrogens is 323 g/mol. The van der Waals surface area contributed by atoms with Crippen LogP contribution in [0.4, 0.5) is 4.39 Å². The van der Waals surface area contributed by atoms with Crippen molar-refractivity contribution in [3.63, 3.8) is 0 Å². The van der Waals surface area contributed by atoms with Gasteiger partial charge in [0.05, 0.1) is 17.3 Å². The highest BCUT2D eigenvalue weighted by atomic mass is 19.1. The summed E-state index contributed by atoms with van der Waals surface area (Å²) < 4.78 is 15.4. The molecule has 1 aromatic carbocycles. The van der Waals surface area contributed by atoms with Gasteiger partial charge in [-0.15, -0.1) is 0 Å². The summed E-state index contributed by atoms with van der Waals surface area (Å²) in [6, 6.07) is 5.64. The molecule has 0 radical (unpaired) electrons. The number of nitrogens with zero attached hydrogens (tertiary/aromatic N) is 3. The normalized spacial score (nSPS) is 16.2. The number of fused-ring (bicyclic) bond motifs is 1. The first-order valence-corrected chi connectivity index (χ1v) is 8.27. The second-order valence-electron chi connectivity index (χ2n) is 6.42. The Hall–Kier alpha value is -2.70. The molecule has 0 bridgehead atoms. The van der Waals surface area contributed by atoms with Crippen LogP contribution < -0.4 is 5.32 Å². The second kappa shape index (κ2) is 7.04. The van der Waals surface area contributed by atoms with Gasteiger partial charge in [0.15, 0.2) is 0 Å². The van der Waals surface area contributed by atoms with Gasteiger partial charge in [-0.05, 0) is 37.0 Å². The average Bonchev–Trinajstić information content (AvgIpc) is 2.98. The molecule has 0 aliphatic heterocycles. The van der Waals surface area contributed by atoms with E-state index in [0.717, 1.165) is 30.5 Å². The van der Waals surface area contributed by atoms with Crippen molar-refractivity contribution in [2.75, 3.05) is 14.1 Å². The molecular formula is C18H21FN4O2. The van der Waals surface area contributed by atoms with Crippen LogP contribution in [0.15, 0.2) is 30.5 Å².